The first-order valence-electron chi connectivity index (χ1n) is 8.33. The molecule has 1 aromatic rings. The topological polar surface area (TPSA) is 41.9 Å². The minimum Gasteiger partial charge on any atom is -0.393 e. The van der Waals surface area contributed by atoms with E-state index in [-0.39, 0.29) is 6.61 Å². The summed E-state index contributed by atoms with van der Waals surface area (Å²) >= 11 is 0. The van der Waals surface area contributed by atoms with Crippen LogP contribution in [-0.4, -0.2) is 61.2 Å². The fourth-order valence-corrected chi connectivity index (χ4v) is 3.69. The van der Waals surface area contributed by atoms with Gasteiger partial charge in [0.2, 0.25) is 0 Å². The van der Waals surface area contributed by atoms with E-state index in [1.807, 2.05) is 0 Å². The molecule has 0 unspecified atom stereocenters. The molecule has 2 saturated heterocycles. The molecule has 22 heavy (non-hydrogen) atoms. The van der Waals surface area contributed by atoms with Gasteiger partial charge in [0, 0.05) is 38.8 Å². The van der Waals surface area contributed by atoms with Gasteiger partial charge in [-0.05, 0) is 25.3 Å². The van der Waals surface area contributed by atoms with Crippen LogP contribution < -0.4 is 0 Å². The van der Waals surface area contributed by atoms with Crippen molar-refractivity contribution < 1.29 is 14.6 Å². The van der Waals surface area contributed by atoms with Crippen LogP contribution >= 0.6 is 0 Å². The zero-order valence-corrected chi connectivity index (χ0v) is 13.5. The quantitative estimate of drug-likeness (QED) is 0.921. The van der Waals surface area contributed by atoms with Gasteiger partial charge in [-0.3, -0.25) is 4.90 Å². The molecular formula is C18H27NO3. The van der Waals surface area contributed by atoms with Crippen molar-refractivity contribution in [3.8, 4) is 0 Å². The number of aliphatic hydroxyl groups is 1. The van der Waals surface area contributed by atoms with Crippen LogP contribution in [0.25, 0.3) is 0 Å². The molecule has 0 bridgehead atoms. The van der Waals surface area contributed by atoms with E-state index in [0.717, 1.165) is 45.6 Å². The lowest BCUT2D eigenvalue weighted by molar-refractivity contribution is -0.146. The predicted octanol–water partition coefficient (Wildman–Crippen LogP) is 1.78. The van der Waals surface area contributed by atoms with Gasteiger partial charge in [-0.15, -0.1) is 0 Å². The molecule has 0 aliphatic carbocycles. The van der Waals surface area contributed by atoms with E-state index in [1.165, 1.54) is 11.1 Å². The predicted molar refractivity (Wildman–Crippen MR) is 86.1 cm³/mol. The Morgan fingerprint density at radius 3 is 2.82 bits per heavy atom. The molecule has 4 heteroatoms. The molecule has 0 amide bonds. The van der Waals surface area contributed by atoms with E-state index in [2.05, 4.69) is 36.1 Å². The van der Waals surface area contributed by atoms with Crippen LogP contribution in [-0.2, 0) is 15.9 Å². The summed E-state index contributed by atoms with van der Waals surface area (Å²) in [7, 11) is 0. The zero-order valence-electron chi connectivity index (χ0n) is 13.5. The molecule has 0 spiro atoms. The second-order valence-corrected chi connectivity index (χ2v) is 6.67. The fourth-order valence-electron chi connectivity index (χ4n) is 3.69. The first kappa shape index (κ1) is 15.9. The smallest absolute Gasteiger partial charge is 0.108 e. The third kappa shape index (κ3) is 3.69. The Hall–Kier alpha value is -0.940. The Morgan fingerprint density at radius 1 is 1.27 bits per heavy atom. The molecule has 3 rings (SSSR count). The highest BCUT2D eigenvalue weighted by Gasteiger charge is 2.38. The summed E-state index contributed by atoms with van der Waals surface area (Å²) in [5.74, 6) is 0. The number of nitrogens with zero attached hydrogens (tertiary/aromatic N) is 1. The maximum absolute atomic E-state index is 10.0. The highest BCUT2D eigenvalue weighted by atomic mass is 16.5. The van der Waals surface area contributed by atoms with Crippen LogP contribution in [0, 0.1) is 6.92 Å². The second-order valence-electron chi connectivity index (χ2n) is 6.67. The van der Waals surface area contributed by atoms with Gasteiger partial charge in [0.05, 0.1) is 13.2 Å². The molecule has 1 atom stereocenters. The third-order valence-corrected chi connectivity index (χ3v) is 4.88. The van der Waals surface area contributed by atoms with Gasteiger partial charge in [0.15, 0.2) is 0 Å². The number of aliphatic hydroxyl groups excluding tert-OH is 1. The first-order valence-corrected chi connectivity index (χ1v) is 8.33. The van der Waals surface area contributed by atoms with Gasteiger partial charge in [0.25, 0.3) is 0 Å². The van der Waals surface area contributed by atoms with Gasteiger partial charge in [0.1, 0.15) is 5.60 Å². The second kappa shape index (κ2) is 7.09. The van der Waals surface area contributed by atoms with Crippen molar-refractivity contribution in [3.63, 3.8) is 0 Å². The molecule has 0 radical (unpaired) electrons. The van der Waals surface area contributed by atoms with E-state index in [1.54, 1.807) is 0 Å². The fraction of sp³-hybridized carbons (Fsp3) is 0.667. The number of hydrogen-bond donors (Lipinski definition) is 1. The van der Waals surface area contributed by atoms with Crippen LogP contribution in [0.15, 0.2) is 24.3 Å². The first-order chi connectivity index (χ1) is 10.7. The monoisotopic (exact) mass is 305 g/mol. The molecule has 2 fully saturated rings. The number of benzene rings is 1. The normalized spacial score (nSPS) is 27.9. The highest BCUT2D eigenvalue weighted by Crippen LogP contribution is 2.27. The zero-order chi connectivity index (χ0) is 15.4. The largest absolute Gasteiger partial charge is 0.393 e. The number of morpholine rings is 1. The molecule has 2 aliphatic rings. The van der Waals surface area contributed by atoms with Crippen LogP contribution in [0.5, 0.6) is 0 Å². The molecule has 1 N–H and O–H groups in total. The Labute approximate surface area is 133 Å². The van der Waals surface area contributed by atoms with Crippen LogP contribution in [0.4, 0.5) is 0 Å². The number of rotatable bonds is 4. The average molecular weight is 305 g/mol. The van der Waals surface area contributed by atoms with E-state index in [9.17, 15) is 5.11 Å². The van der Waals surface area contributed by atoms with Crippen LogP contribution in [0.2, 0.25) is 0 Å². The Balaban J connectivity index is 1.70. The third-order valence-electron chi connectivity index (χ3n) is 4.88. The van der Waals surface area contributed by atoms with E-state index >= 15 is 0 Å². The Bertz CT molecular complexity index is 487. The van der Waals surface area contributed by atoms with Gasteiger partial charge in [-0.25, -0.2) is 0 Å². The van der Waals surface area contributed by atoms with Crippen molar-refractivity contribution in [2.75, 3.05) is 39.5 Å². The van der Waals surface area contributed by atoms with Crippen molar-refractivity contribution >= 4 is 0 Å². The molecular weight excluding hydrogens is 278 g/mol. The number of ether oxygens (including phenoxy) is 2. The molecule has 2 aliphatic heterocycles. The molecule has 2 heterocycles. The van der Waals surface area contributed by atoms with E-state index < -0.39 is 5.60 Å². The average Bonchev–Trinajstić information content (AvgIpc) is 2.56. The van der Waals surface area contributed by atoms with Crippen molar-refractivity contribution in [2.45, 2.75) is 37.8 Å². The van der Waals surface area contributed by atoms with Crippen LogP contribution in [0.3, 0.4) is 0 Å². The van der Waals surface area contributed by atoms with Crippen molar-refractivity contribution in [2.24, 2.45) is 0 Å². The van der Waals surface area contributed by atoms with Gasteiger partial charge < -0.3 is 14.6 Å². The molecule has 4 nitrogen and oxygen atoms in total. The van der Waals surface area contributed by atoms with Crippen molar-refractivity contribution in [3.05, 3.63) is 35.4 Å². The summed E-state index contributed by atoms with van der Waals surface area (Å²) < 4.78 is 11.5. The Kier molecular flexibility index (Phi) is 5.14. The Morgan fingerprint density at radius 2 is 2.09 bits per heavy atom. The number of hydrogen-bond acceptors (Lipinski definition) is 4. The van der Waals surface area contributed by atoms with Crippen molar-refractivity contribution in [1.82, 2.24) is 4.90 Å². The summed E-state index contributed by atoms with van der Waals surface area (Å²) in [4.78, 5) is 2.50. The molecule has 0 aromatic heterocycles. The van der Waals surface area contributed by atoms with Gasteiger partial charge in [-0.1, -0.05) is 29.8 Å². The maximum atomic E-state index is 10.0. The molecule has 1 aromatic carbocycles. The summed E-state index contributed by atoms with van der Waals surface area (Å²) in [6.45, 7) is 6.34. The van der Waals surface area contributed by atoms with Gasteiger partial charge in [-0.2, -0.15) is 0 Å². The standard InChI is InChI=1S/C18H27NO3/c1-15-3-2-4-16(11-15)12-18(14-20)13-19(7-10-22-18)17-5-8-21-9-6-17/h2-4,11,17,20H,5-10,12-14H2,1H3/t18-/m0/s1. The maximum Gasteiger partial charge on any atom is 0.108 e. The van der Waals surface area contributed by atoms with Gasteiger partial charge >= 0.3 is 0 Å². The van der Waals surface area contributed by atoms with E-state index in [4.69, 9.17) is 9.47 Å². The lowest BCUT2D eigenvalue weighted by Gasteiger charge is -2.45. The SMILES string of the molecule is Cc1cccc(C[C@@]2(CO)CN(C3CCOCC3)CCO2)c1. The minimum absolute atomic E-state index is 0.0701. The lowest BCUT2D eigenvalue weighted by atomic mass is 9.91. The summed E-state index contributed by atoms with van der Waals surface area (Å²) in [5.41, 5.74) is 2.02. The summed E-state index contributed by atoms with van der Waals surface area (Å²) in [6, 6.07) is 9.07. The van der Waals surface area contributed by atoms with Crippen molar-refractivity contribution in [1.29, 1.82) is 0 Å². The molecule has 122 valence electrons. The molecule has 0 saturated carbocycles. The minimum atomic E-state index is -0.468. The van der Waals surface area contributed by atoms with E-state index in [0.29, 0.717) is 12.6 Å². The highest BCUT2D eigenvalue weighted by molar-refractivity contribution is 5.24. The summed E-state index contributed by atoms with van der Waals surface area (Å²) in [6.07, 6.45) is 2.95. The number of aryl methyl sites for hydroxylation is 1. The summed E-state index contributed by atoms with van der Waals surface area (Å²) in [5, 5.41) is 10.0. The lowest BCUT2D eigenvalue weighted by Crippen LogP contribution is -2.58. The van der Waals surface area contributed by atoms with Crippen LogP contribution in [0.1, 0.15) is 24.0 Å².